The molecule has 0 amide bonds. The van der Waals surface area contributed by atoms with Crippen LogP contribution < -0.4 is 10.1 Å². The maximum atomic E-state index is 6.12. The van der Waals surface area contributed by atoms with Crippen molar-refractivity contribution in [3.8, 4) is 5.75 Å². The van der Waals surface area contributed by atoms with E-state index in [9.17, 15) is 0 Å². The van der Waals surface area contributed by atoms with Gasteiger partial charge in [-0.1, -0.05) is 55.2 Å². The van der Waals surface area contributed by atoms with Crippen LogP contribution in [0, 0.1) is 0 Å². The summed E-state index contributed by atoms with van der Waals surface area (Å²) in [6, 6.07) is 13.6. The molecule has 2 aromatic rings. The normalized spacial score (nSPS) is 12.0. The van der Waals surface area contributed by atoms with Gasteiger partial charge in [-0.15, -0.1) is 0 Å². The third-order valence-corrected chi connectivity index (χ3v) is 4.22. The third-order valence-electron chi connectivity index (χ3n) is 3.67. The molecule has 4 heteroatoms. The molecule has 0 bridgehead atoms. The third kappa shape index (κ3) is 4.56. The largest absolute Gasteiger partial charge is 0.491 e. The summed E-state index contributed by atoms with van der Waals surface area (Å²) in [5, 5.41) is 4.51. The van der Waals surface area contributed by atoms with E-state index in [0.717, 1.165) is 17.9 Å². The van der Waals surface area contributed by atoms with Crippen LogP contribution in [0.15, 0.2) is 42.5 Å². The first-order valence-corrected chi connectivity index (χ1v) is 8.28. The molecule has 2 rings (SSSR count). The van der Waals surface area contributed by atoms with Crippen LogP contribution in [0.2, 0.25) is 10.0 Å². The highest BCUT2D eigenvalue weighted by Gasteiger charge is 2.09. The first-order chi connectivity index (χ1) is 10.6. The molecule has 0 heterocycles. The number of benzene rings is 2. The number of para-hydroxylation sites is 1. The Morgan fingerprint density at radius 2 is 1.91 bits per heavy atom. The highest BCUT2D eigenvalue weighted by molar-refractivity contribution is 6.36. The Hall–Kier alpha value is -1.38. The predicted molar refractivity (Wildman–Crippen MR) is 95.6 cm³/mol. The number of nitrogens with one attached hydrogen (secondary N) is 1. The molecule has 0 saturated carbocycles. The molecule has 0 fully saturated rings. The van der Waals surface area contributed by atoms with Gasteiger partial charge in [0.05, 0.1) is 10.7 Å². The van der Waals surface area contributed by atoms with Gasteiger partial charge >= 0.3 is 0 Å². The maximum Gasteiger partial charge on any atom is 0.122 e. The molecular weight excluding hydrogens is 317 g/mol. The summed E-state index contributed by atoms with van der Waals surface area (Å²) < 4.78 is 5.91. The Morgan fingerprint density at radius 1 is 1.14 bits per heavy atom. The van der Waals surface area contributed by atoms with Crippen LogP contribution in [-0.4, -0.2) is 13.2 Å². The average Bonchev–Trinajstić information content (AvgIpc) is 2.53. The van der Waals surface area contributed by atoms with Gasteiger partial charge in [0.15, 0.2) is 0 Å². The molecule has 0 spiro atoms. The van der Waals surface area contributed by atoms with Gasteiger partial charge in [0.2, 0.25) is 0 Å². The fraction of sp³-hybridized carbons (Fsp3) is 0.333. The first-order valence-electron chi connectivity index (χ1n) is 7.52. The van der Waals surface area contributed by atoms with Crippen molar-refractivity contribution in [2.45, 2.75) is 26.2 Å². The smallest absolute Gasteiger partial charge is 0.122 e. The van der Waals surface area contributed by atoms with E-state index in [0.29, 0.717) is 29.1 Å². The van der Waals surface area contributed by atoms with Crippen LogP contribution >= 0.6 is 23.2 Å². The molecule has 0 aliphatic heterocycles. The lowest BCUT2D eigenvalue weighted by Gasteiger charge is -2.16. The lowest BCUT2D eigenvalue weighted by molar-refractivity contribution is 0.327. The van der Waals surface area contributed by atoms with Crippen molar-refractivity contribution < 1.29 is 4.74 Å². The van der Waals surface area contributed by atoms with Crippen molar-refractivity contribution in [2.75, 3.05) is 18.5 Å². The van der Waals surface area contributed by atoms with E-state index < -0.39 is 0 Å². The van der Waals surface area contributed by atoms with Crippen LogP contribution in [0.5, 0.6) is 5.75 Å². The quantitative estimate of drug-likeness (QED) is 0.625. The minimum Gasteiger partial charge on any atom is -0.491 e. The molecule has 22 heavy (non-hydrogen) atoms. The van der Waals surface area contributed by atoms with Crippen LogP contribution in [0.1, 0.15) is 31.7 Å². The molecule has 1 N–H and O–H groups in total. The van der Waals surface area contributed by atoms with Crippen molar-refractivity contribution in [3.63, 3.8) is 0 Å². The molecular formula is C18H21Cl2NO. The zero-order chi connectivity index (χ0) is 15.9. The van der Waals surface area contributed by atoms with Crippen LogP contribution in [0.25, 0.3) is 0 Å². The number of hydrogen-bond donors (Lipinski definition) is 1. The number of hydrogen-bond acceptors (Lipinski definition) is 2. The first kappa shape index (κ1) is 17.0. The maximum absolute atomic E-state index is 6.12. The van der Waals surface area contributed by atoms with Gasteiger partial charge in [0.1, 0.15) is 12.4 Å². The SMILES string of the molecule is CCC(C)c1ccccc1OCCNc1ccc(Cl)cc1Cl. The Balaban J connectivity index is 1.89. The van der Waals surface area contributed by atoms with Crippen molar-refractivity contribution in [2.24, 2.45) is 0 Å². The number of rotatable bonds is 7. The van der Waals surface area contributed by atoms with Gasteiger partial charge in [-0.05, 0) is 42.2 Å². The summed E-state index contributed by atoms with van der Waals surface area (Å²) in [6.45, 7) is 5.65. The summed E-state index contributed by atoms with van der Waals surface area (Å²) in [5.41, 5.74) is 2.12. The number of ether oxygens (including phenoxy) is 1. The van der Waals surface area contributed by atoms with Crippen LogP contribution in [0.4, 0.5) is 5.69 Å². The van der Waals surface area contributed by atoms with Crippen molar-refractivity contribution in [1.82, 2.24) is 0 Å². The number of anilines is 1. The Labute approximate surface area is 142 Å². The second kappa shape index (κ2) is 8.30. The molecule has 0 aliphatic carbocycles. The molecule has 1 unspecified atom stereocenters. The van der Waals surface area contributed by atoms with E-state index in [-0.39, 0.29) is 0 Å². The fourth-order valence-corrected chi connectivity index (χ4v) is 2.69. The summed E-state index contributed by atoms with van der Waals surface area (Å²) in [6.07, 6.45) is 1.10. The van der Waals surface area contributed by atoms with E-state index in [4.69, 9.17) is 27.9 Å². The Kier molecular flexibility index (Phi) is 6.41. The molecule has 0 radical (unpaired) electrons. The van der Waals surface area contributed by atoms with Gasteiger partial charge in [0, 0.05) is 11.6 Å². The fourth-order valence-electron chi connectivity index (χ4n) is 2.22. The van der Waals surface area contributed by atoms with Crippen LogP contribution in [0.3, 0.4) is 0 Å². The lowest BCUT2D eigenvalue weighted by Crippen LogP contribution is -2.12. The van der Waals surface area contributed by atoms with Crippen molar-refractivity contribution >= 4 is 28.9 Å². The van der Waals surface area contributed by atoms with Crippen molar-refractivity contribution in [3.05, 3.63) is 58.1 Å². The van der Waals surface area contributed by atoms with Gasteiger partial charge in [-0.25, -0.2) is 0 Å². The zero-order valence-electron chi connectivity index (χ0n) is 12.9. The molecule has 0 saturated heterocycles. The summed E-state index contributed by atoms with van der Waals surface area (Å²) in [4.78, 5) is 0. The molecule has 118 valence electrons. The monoisotopic (exact) mass is 337 g/mol. The summed E-state index contributed by atoms with van der Waals surface area (Å²) in [7, 11) is 0. The van der Waals surface area contributed by atoms with Gasteiger partial charge in [-0.2, -0.15) is 0 Å². The zero-order valence-corrected chi connectivity index (χ0v) is 14.4. The average molecular weight is 338 g/mol. The highest BCUT2D eigenvalue weighted by Crippen LogP contribution is 2.28. The standard InChI is InChI=1S/C18H21Cl2NO/c1-3-13(2)15-6-4-5-7-18(15)22-11-10-21-17-9-8-14(19)12-16(17)20/h4-9,12-13,21H,3,10-11H2,1-2H3. The number of halogens is 2. The summed E-state index contributed by atoms with van der Waals surface area (Å²) in [5.74, 6) is 1.45. The second-order valence-electron chi connectivity index (χ2n) is 5.25. The van der Waals surface area contributed by atoms with E-state index in [1.54, 1.807) is 6.07 Å². The minimum atomic E-state index is 0.495. The molecule has 1 atom stereocenters. The van der Waals surface area contributed by atoms with Gasteiger partial charge in [-0.3, -0.25) is 0 Å². The van der Waals surface area contributed by atoms with Gasteiger partial charge in [0.25, 0.3) is 0 Å². The van der Waals surface area contributed by atoms with Crippen LogP contribution in [-0.2, 0) is 0 Å². The van der Waals surface area contributed by atoms with Gasteiger partial charge < -0.3 is 10.1 Å². The topological polar surface area (TPSA) is 21.3 Å². The second-order valence-corrected chi connectivity index (χ2v) is 6.09. The predicted octanol–water partition coefficient (Wildman–Crippen LogP) is 6.00. The molecule has 0 aromatic heterocycles. The highest BCUT2D eigenvalue weighted by atomic mass is 35.5. The molecule has 0 aliphatic rings. The molecule has 2 nitrogen and oxygen atoms in total. The van der Waals surface area contributed by atoms with E-state index in [1.165, 1.54) is 5.56 Å². The minimum absolute atomic E-state index is 0.495. The van der Waals surface area contributed by atoms with Crippen molar-refractivity contribution in [1.29, 1.82) is 0 Å². The van der Waals surface area contributed by atoms with E-state index >= 15 is 0 Å². The Bertz CT molecular complexity index is 616. The molecule has 2 aromatic carbocycles. The Morgan fingerprint density at radius 3 is 2.64 bits per heavy atom. The van der Waals surface area contributed by atoms with E-state index in [2.05, 4.69) is 31.3 Å². The van der Waals surface area contributed by atoms with E-state index in [1.807, 2.05) is 24.3 Å². The summed E-state index contributed by atoms with van der Waals surface area (Å²) >= 11 is 12.0. The lowest BCUT2D eigenvalue weighted by atomic mass is 9.98.